The van der Waals surface area contributed by atoms with Crippen LogP contribution in [0, 0.1) is 5.82 Å². The molecule has 1 atom stereocenters. The predicted molar refractivity (Wildman–Crippen MR) is 109 cm³/mol. The summed E-state index contributed by atoms with van der Waals surface area (Å²) in [6, 6.07) is 5.63. The molecule has 0 spiro atoms. The molecule has 1 aromatic rings. The van der Waals surface area contributed by atoms with Crippen LogP contribution in [0.25, 0.3) is 0 Å². The molecular weight excluding hydrogens is 440 g/mol. The van der Waals surface area contributed by atoms with E-state index in [1.807, 2.05) is 6.07 Å². The fourth-order valence-electron chi connectivity index (χ4n) is 2.41. The molecule has 0 saturated heterocycles. The molecule has 1 aliphatic heterocycles. The third-order valence-corrected chi connectivity index (χ3v) is 15.6. The van der Waals surface area contributed by atoms with E-state index in [0.717, 1.165) is 0 Å². The van der Waals surface area contributed by atoms with Gasteiger partial charge in [-0.3, -0.25) is 0 Å². The second kappa shape index (κ2) is 7.31. The molecule has 1 heterocycles. The van der Waals surface area contributed by atoms with Crippen LogP contribution in [-0.4, -0.2) is 45.1 Å². The van der Waals surface area contributed by atoms with Gasteiger partial charge in [0.15, 0.2) is 0 Å². The van der Waals surface area contributed by atoms with Gasteiger partial charge < -0.3 is 0 Å². The van der Waals surface area contributed by atoms with Crippen molar-refractivity contribution in [1.29, 1.82) is 0 Å². The van der Waals surface area contributed by atoms with Crippen molar-refractivity contribution in [3.05, 3.63) is 29.6 Å². The number of rotatable bonds is 5. The summed E-state index contributed by atoms with van der Waals surface area (Å²) in [5.41, 5.74) is 1.26. The van der Waals surface area contributed by atoms with Crippen LogP contribution >= 0.6 is 0 Å². The maximum atomic E-state index is 14.6. The van der Waals surface area contributed by atoms with Crippen molar-refractivity contribution in [2.75, 3.05) is 6.61 Å². The van der Waals surface area contributed by atoms with Gasteiger partial charge in [-0.05, 0) is 0 Å². The molecular formula is C19H32FNO2SiSn. The first kappa shape index (κ1) is 20.9. The summed E-state index contributed by atoms with van der Waals surface area (Å²) in [4.78, 5) is 12.4. The molecule has 1 unspecified atom stereocenters. The molecule has 0 N–H and O–H groups in total. The van der Waals surface area contributed by atoms with E-state index in [9.17, 15) is 4.39 Å². The van der Waals surface area contributed by atoms with E-state index < -0.39 is 26.7 Å². The van der Waals surface area contributed by atoms with Crippen LogP contribution in [0.2, 0.25) is 33.0 Å². The monoisotopic (exact) mass is 473 g/mol. The first-order valence-electron chi connectivity index (χ1n) is 8.98. The SMILES string of the molecule is CC(C)(C)[Si](C)(C)OCC1CC(c2cc[c]([Sn]([CH3])([CH3])[CH3])cc2F)=NO1. The fourth-order valence-corrected chi connectivity index (χ4v) is 6.71. The molecule has 0 saturated carbocycles. The molecule has 0 aliphatic carbocycles. The van der Waals surface area contributed by atoms with Crippen LogP contribution in [0.5, 0.6) is 0 Å². The van der Waals surface area contributed by atoms with Crippen molar-refractivity contribution >= 4 is 36.0 Å². The number of oxime groups is 1. The average molecular weight is 472 g/mol. The topological polar surface area (TPSA) is 30.8 Å². The average Bonchev–Trinajstić information content (AvgIpc) is 2.91. The number of benzene rings is 1. The van der Waals surface area contributed by atoms with Crippen LogP contribution in [0.15, 0.2) is 23.4 Å². The Bertz CT molecular complexity index is 662. The van der Waals surface area contributed by atoms with Crippen molar-refractivity contribution in [3.63, 3.8) is 0 Å². The first-order chi connectivity index (χ1) is 11.3. The quantitative estimate of drug-likeness (QED) is 0.572. The molecule has 0 amide bonds. The summed E-state index contributed by atoms with van der Waals surface area (Å²) in [5, 5.41) is 4.29. The van der Waals surface area contributed by atoms with Gasteiger partial charge in [0.1, 0.15) is 0 Å². The van der Waals surface area contributed by atoms with E-state index >= 15 is 0 Å². The number of halogens is 1. The van der Waals surface area contributed by atoms with Gasteiger partial charge >= 0.3 is 157 Å². The predicted octanol–water partition coefficient (Wildman–Crippen LogP) is 4.89. The van der Waals surface area contributed by atoms with Gasteiger partial charge in [0.2, 0.25) is 0 Å². The summed E-state index contributed by atoms with van der Waals surface area (Å²) in [7, 11) is -1.81. The van der Waals surface area contributed by atoms with Gasteiger partial charge in [-0.1, -0.05) is 0 Å². The Balaban J connectivity index is 2.01. The fraction of sp³-hybridized carbons (Fsp3) is 0.632. The zero-order valence-electron chi connectivity index (χ0n) is 16.9. The Morgan fingerprint density at radius 2 is 1.92 bits per heavy atom. The number of hydrogen-bond acceptors (Lipinski definition) is 3. The van der Waals surface area contributed by atoms with E-state index in [0.29, 0.717) is 24.3 Å². The van der Waals surface area contributed by atoms with E-state index in [1.54, 1.807) is 6.07 Å². The van der Waals surface area contributed by atoms with Crippen LogP contribution < -0.4 is 3.58 Å². The zero-order valence-corrected chi connectivity index (χ0v) is 20.7. The summed E-state index contributed by atoms with van der Waals surface area (Å²) >= 11 is -2.26. The van der Waals surface area contributed by atoms with Gasteiger partial charge in [0.25, 0.3) is 0 Å². The summed E-state index contributed by atoms with van der Waals surface area (Å²) in [5.74, 6) is -0.183. The summed E-state index contributed by atoms with van der Waals surface area (Å²) in [6.45, 7) is 11.6. The molecule has 140 valence electrons. The summed E-state index contributed by atoms with van der Waals surface area (Å²) in [6.07, 6.45) is 0.481. The molecule has 1 aliphatic rings. The van der Waals surface area contributed by atoms with E-state index in [4.69, 9.17) is 9.26 Å². The van der Waals surface area contributed by atoms with Gasteiger partial charge in [-0.2, -0.15) is 0 Å². The van der Waals surface area contributed by atoms with Crippen molar-refractivity contribution in [3.8, 4) is 0 Å². The molecule has 0 bridgehead atoms. The van der Waals surface area contributed by atoms with Crippen molar-refractivity contribution in [1.82, 2.24) is 0 Å². The molecule has 1 aromatic carbocycles. The molecule has 3 nitrogen and oxygen atoms in total. The molecule has 0 fully saturated rings. The van der Waals surface area contributed by atoms with Crippen molar-refractivity contribution in [2.45, 2.75) is 66.2 Å². The van der Waals surface area contributed by atoms with Crippen LogP contribution in [0.4, 0.5) is 4.39 Å². The second-order valence-electron chi connectivity index (χ2n) is 9.49. The number of nitrogens with zero attached hydrogens (tertiary/aromatic N) is 1. The first-order valence-corrected chi connectivity index (χ1v) is 21.9. The Morgan fingerprint density at radius 3 is 2.44 bits per heavy atom. The Morgan fingerprint density at radius 1 is 1.28 bits per heavy atom. The minimum atomic E-state index is -2.26. The zero-order chi connectivity index (χ0) is 19.0. The molecule has 6 heteroatoms. The van der Waals surface area contributed by atoms with Crippen molar-refractivity contribution in [2.24, 2.45) is 5.16 Å². The van der Waals surface area contributed by atoms with Crippen LogP contribution in [-0.2, 0) is 9.26 Å². The third kappa shape index (κ3) is 5.07. The Kier molecular flexibility index (Phi) is 6.11. The third-order valence-electron chi connectivity index (χ3n) is 5.32. The van der Waals surface area contributed by atoms with Gasteiger partial charge in [-0.25, -0.2) is 0 Å². The summed E-state index contributed by atoms with van der Waals surface area (Å²) < 4.78 is 22.0. The van der Waals surface area contributed by atoms with Gasteiger partial charge in [0, 0.05) is 0 Å². The molecule has 25 heavy (non-hydrogen) atoms. The number of hydrogen-bond donors (Lipinski definition) is 0. The molecule has 2 rings (SSSR count). The molecule has 0 radical (unpaired) electrons. The minimum absolute atomic E-state index is 0.120. The standard InChI is InChI=1S/C16H23FNO2Si.3CH3.Sn/c1-16(2,3)21(4,5)19-11-12-10-15(18-20-12)13-8-6-7-9-14(13)17;;;;/h6,8-9,12H,10-11H2,1-5H3;3*1H3;. The molecule has 0 aromatic heterocycles. The maximum absolute atomic E-state index is 14.6. The van der Waals surface area contributed by atoms with Crippen molar-refractivity contribution < 1.29 is 13.7 Å². The van der Waals surface area contributed by atoms with E-state index in [1.165, 1.54) is 3.58 Å². The Hall–Kier alpha value is -0.404. The van der Waals surface area contributed by atoms with Gasteiger partial charge in [0.05, 0.1) is 0 Å². The van der Waals surface area contributed by atoms with Crippen LogP contribution in [0.3, 0.4) is 0 Å². The van der Waals surface area contributed by atoms with Crippen LogP contribution in [0.1, 0.15) is 32.8 Å². The Labute approximate surface area is 157 Å². The second-order valence-corrected chi connectivity index (χ2v) is 28.8. The van der Waals surface area contributed by atoms with E-state index in [-0.39, 0.29) is 17.0 Å². The normalized spacial score (nSPS) is 18.9. The van der Waals surface area contributed by atoms with E-state index in [2.05, 4.69) is 59.9 Å². The van der Waals surface area contributed by atoms with Gasteiger partial charge in [-0.15, -0.1) is 0 Å².